The Morgan fingerprint density at radius 2 is 1.75 bits per heavy atom. The van der Waals surface area contributed by atoms with Gasteiger partial charge in [0.05, 0.1) is 0 Å². The molecule has 3 nitrogen and oxygen atoms in total. The summed E-state index contributed by atoms with van der Waals surface area (Å²) < 4.78 is 60.1. The summed E-state index contributed by atoms with van der Waals surface area (Å²) in [6.45, 7) is 0.0803. The second kappa shape index (κ2) is 8.41. The number of benzene rings is 2. The van der Waals surface area contributed by atoms with Gasteiger partial charge in [0.2, 0.25) is 0 Å². The highest BCUT2D eigenvalue weighted by Gasteiger charge is 2.32. The maximum atomic E-state index is 13.9. The van der Waals surface area contributed by atoms with Crippen molar-refractivity contribution in [2.24, 2.45) is 5.73 Å². The van der Waals surface area contributed by atoms with Crippen LogP contribution in [0.3, 0.4) is 0 Å². The standard InChI is InChI=1S/C15H12ClF4NO2.ClH/c16-10-2-3-12(17)11(8-10)9-1-4-13(23-15(18,19)20)14(7-9)22-6-5-21;/h1-4,7-8H,5-6,21H2;1H. The summed E-state index contributed by atoms with van der Waals surface area (Å²) in [5.41, 5.74) is 5.71. The van der Waals surface area contributed by atoms with Gasteiger partial charge >= 0.3 is 6.36 Å². The van der Waals surface area contributed by atoms with Crippen LogP contribution in [0.25, 0.3) is 11.1 Å². The fourth-order valence-corrected chi connectivity index (χ4v) is 2.06. The molecule has 0 atom stereocenters. The van der Waals surface area contributed by atoms with Crippen LogP contribution in [0.15, 0.2) is 36.4 Å². The topological polar surface area (TPSA) is 44.5 Å². The fraction of sp³-hybridized carbons (Fsp3) is 0.200. The lowest BCUT2D eigenvalue weighted by molar-refractivity contribution is -0.275. The van der Waals surface area contributed by atoms with Crippen molar-refractivity contribution in [1.29, 1.82) is 0 Å². The van der Waals surface area contributed by atoms with Gasteiger partial charge in [-0.05, 0) is 35.9 Å². The van der Waals surface area contributed by atoms with Gasteiger partial charge in [-0.1, -0.05) is 17.7 Å². The molecule has 0 amide bonds. The van der Waals surface area contributed by atoms with Crippen molar-refractivity contribution in [3.05, 3.63) is 47.2 Å². The van der Waals surface area contributed by atoms with Crippen molar-refractivity contribution in [2.75, 3.05) is 13.2 Å². The van der Waals surface area contributed by atoms with Crippen molar-refractivity contribution in [3.63, 3.8) is 0 Å². The molecule has 24 heavy (non-hydrogen) atoms. The number of rotatable bonds is 5. The molecule has 2 rings (SSSR count). The molecule has 0 radical (unpaired) electrons. The average molecular weight is 386 g/mol. The number of hydrogen-bond acceptors (Lipinski definition) is 3. The Balaban J connectivity index is 0.00000288. The number of halogens is 6. The molecule has 0 aliphatic carbocycles. The molecule has 0 saturated heterocycles. The van der Waals surface area contributed by atoms with E-state index in [9.17, 15) is 17.6 Å². The van der Waals surface area contributed by atoms with Gasteiger partial charge in [0.15, 0.2) is 11.5 Å². The van der Waals surface area contributed by atoms with E-state index < -0.39 is 17.9 Å². The van der Waals surface area contributed by atoms with E-state index in [0.29, 0.717) is 10.6 Å². The lowest BCUT2D eigenvalue weighted by Gasteiger charge is -2.15. The van der Waals surface area contributed by atoms with Gasteiger partial charge in [0, 0.05) is 17.1 Å². The second-order valence-electron chi connectivity index (χ2n) is 4.47. The summed E-state index contributed by atoms with van der Waals surface area (Å²) in [5.74, 6) is -1.29. The number of nitrogens with two attached hydrogens (primary N) is 1. The van der Waals surface area contributed by atoms with E-state index in [2.05, 4.69) is 4.74 Å². The zero-order chi connectivity index (χ0) is 17.0. The Hall–Kier alpha value is -1.70. The van der Waals surface area contributed by atoms with Crippen LogP contribution in [0.2, 0.25) is 5.02 Å². The zero-order valence-electron chi connectivity index (χ0n) is 12.1. The zero-order valence-corrected chi connectivity index (χ0v) is 13.6. The molecule has 9 heteroatoms. The average Bonchev–Trinajstić information content (AvgIpc) is 2.47. The van der Waals surface area contributed by atoms with Gasteiger partial charge in [0.1, 0.15) is 12.4 Å². The summed E-state index contributed by atoms with van der Waals surface area (Å²) >= 11 is 5.82. The Morgan fingerprint density at radius 1 is 1.04 bits per heavy atom. The normalized spacial score (nSPS) is 10.9. The summed E-state index contributed by atoms with van der Waals surface area (Å²) in [5, 5.41) is 0.293. The van der Waals surface area contributed by atoms with Gasteiger partial charge in [-0.25, -0.2) is 4.39 Å². The number of ether oxygens (including phenoxy) is 2. The Labute approximate surface area is 146 Å². The lowest BCUT2D eigenvalue weighted by atomic mass is 10.0. The minimum atomic E-state index is -4.87. The molecule has 2 N–H and O–H groups in total. The van der Waals surface area contributed by atoms with E-state index in [1.165, 1.54) is 24.3 Å². The van der Waals surface area contributed by atoms with E-state index in [4.69, 9.17) is 22.1 Å². The van der Waals surface area contributed by atoms with Crippen molar-refractivity contribution in [2.45, 2.75) is 6.36 Å². The largest absolute Gasteiger partial charge is 0.573 e. The minimum absolute atomic E-state index is 0. The highest BCUT2D eigenvalue weighted by molar-refractivity contribution is 6.30. The maximum absolute atomic E-state index is 13.9. The summed E-state index contributed by atoms with van der Waals surface area (Å²) in [4.78, 5) is 0. The van der Waals surface area contributed by atoms with Crippen LogP contribution in [0, 0.1) is 5.82 Å². The minimum Gasteiger partial charge on any atom is -0.488 e. The fourth-order valence-electron chi connectivity index (χ4n) is 1.88. The lowest BCUT2D eigenvalue weighted by Crippen LogP contribution is -2.18. The summed E-state index contributed by atoms with van der Waals surface area (Å²) in [6, 6.07) is 7.47. The smallest absolute Gasteiger partial charge is 0.488 e. The Morgan fingerprint density at radius 3 is 2.38 bits per heavy atom. The Bertz CT molecular complexity index is 696. The van der Waals surface area contributed by atoms with Crippen LogP contribution < -0.4 is 15.2 Å². The third kappa shape index (κ3) is 5.43. The van der Waals surface area contributed by atoms with Crippen molar-refractivity contribution < 1.29 is 27.0 Å². The van der Waals surface area contributed by atoms with E-state index in [0.717, 1.165) is 12.1 Å². The quantitative estimate of drug-likeness (QED) is 0.751. The predicted molar refractivity (Wildman–Crippen MR) is 85.3 cm³/mol. The molecule has 0 bridgehead atoms. The first kappa shape index (κ1) is 20.3. The molecule has 132 valence electrons. The van der Waals surface area contributed by atoms with Crippen molar-refractivity contribution >= 4 is 24.0 Å². The first-order valence-electron chi connectivity index (χ1n) is 6.48. The number of hydrogen-bond donors (Lipinski definition) is 1. The van der Waals surface area contributed by atoms with Crippen LogP contribution in [0.4, 0.5) is 17.6 Å². The molecule has 2 aromatic rings. The molecule has 0 aliphatic rings. The Kier molecular flexibility index (Phi) is 7.13. The van der Waals surface area contributed by atoms with E-state index in [1.54, 1.807) is 0 Å². The van der Waals surface area contributed by atoms with Crippen LogP contribution in [0.5, 0.6) is 11.5 Å². The molecule has 0 aliphatic heterocycles. The van der Waals surface area contributed by atoms with Crippen LogP contribution in [0.1, 0.15) is 0 Å². The van der Waals surface area contributed by atoms with Gasteiger partial charge in [-0.3, -0.25) is 0 Å². The van der Waals surface area contributed by atoms with E-state index >= 15 is 0 Å². The molecule has 0 unspecified atom stereocenters. The molecule has 0 fully saturated rings. The van der Waals surface area contributed by atoms with E-state index in [1.807, 2.05) is 0 Å². The molecular formula is C15H13Cl2F4NO2. The SMILES string of the molecule is Cl.NCCOc1cc(-c2cc(Cl)ccc2F)ccc1OC(F)(F)F. The number of alkyl halides is 3. The highest BCUT2D eigenvalue weighted by atomic mass is 35.5. The van der Waals surface area contributed by atoms with Crippen molar-refractivity contribution in [1.82, 2.24) is 0 Å². The van der Waals surface area contributed by atoms with E-state index in [-0.39, 0.29) is 36.9 Å². The molecule has 0 spiro atoms. The molecule has 2 aromatic carbocycles. The molecule has 0 saturated carbocycles. The monoisotopic (exact) mass is 385 g/mol. The first-order chi connectivity index (χ1) is 10.8. The van der Waals surface area contributed by atoms with Gasteiger partial charge in [0.25, 0.3) is 0 Å². The maximum Gasteiger partial charge on any atom is 0.573 e. The predicted octanol–water partition coefficient (Wildman–Crippen LogP) is 4.80. The van der Waals surface area contributed by atoms with Crippen LogP contribution in [-0.4, -0.2) is 19.5 Å². The van der Waals surface area contributed by atoms with Gasteiger partial charge in [-0.15, -0.1) is 25.6 Å². The van der Waals surface area contributed by atoms with Crippen molar-refractivity contribution in [3.8, 4) is 22.6 Å². The first-order valence-corrected chi connectivity index (χ1v) is 6.86. The molecule has 0 heterocycles. The van der Waals surface area contributed by atoms with Crippen LogP contribution in [-0.2, 0) is 0 Å². The summed E-state index contributed by atoms with van der Waals surface area (Å²) in [6.07, 6.45) is -4.87. The third-order valence-electron chi connectivity index (χ3n) is 2.78. The molecule has 0 aromatic heterocycles. The van der Waals surface area contributed by atoms with Gasteiger partial charge in [-0.2, -0.15) is 0 Å². The van der Waals surface area contributed by atoms with Crippen LogP contribution >= 0.6 is 24.0 Å². The van der Waals surface area contributed by atoms with Gasteiger partial charge < -0.3 is 15.2 Å². The second-order valence-corrected chi connectivity index (χ2v) is 4.91. The third-order valence-corrected chi connectivity index (χ3v) is 3.02. The highest BCUT2D eigenvalue weighted by Crippen LogP contribution is 2.37. The molecular weight excluding hydrogens is 373 g/mol. The summed E-state index contributed by atoms with van der Waals surface area (Å²) in [7, 11) is 0.